The number of hydrogen-bond donors (Lipinski definition) is 0. The van der Waals surface area contributed by atoms with Gasteiger partial charge >= 0.3 is 0 Å². The minimum atomic E-state index is -1.03. The van der Waals surface area contributed by atoms with E-state index in [1.807, 2.05) is 0 Å². The van der Waals surface area contributed by atoms with Crippen molar-refractivity contribution in [2.75, 3.05) is 13.2 Å². The van der Waals surface area contributed by atoms with Crippen molar-refractivity contribution < 1.29 is 27.0 Å². The molecule has 2 nitrogen and oxygen atoms in total. The second-order valence-corrected chi connectivity index (χ2v) is 10.5. The molecule has 0 bridgehead atoms. The molecule has 3 aromatic rings. The molecular formula is C33H38F4O2. The van der Waals surface area contributed by atoms with Gasteiger partial charge in [0.05, 0.1) is 19.3 Å². The van der Waals surface area contributed by atoms with Gasteiger partial charge in [-0.3, -0.25) is 0 Å². The molecule has 0 radical (unpaired) electrons. The first kappa shape index (κ1) is 29.1. The van der Waals surface area contributed by atoms with Gasteiger partial charge in [-0.2, -0.15) is 4.39 Å². The summed E-state index contributed by atoms with van der Waals surface area (Å²) in [6.45, 7) is 5.12. The van der Waals surface area contributed by atoms with E-state index in [1.54, 1.807) is 36.4 Å². The van der Waals surface area contributed by atoms with Gasteiger partial charge in [0.25, 0.3) is 0 Å². The van der Waals surface area contributed by atoms with Gasteiger partial charge in [-0.05, 0) is 54.9 Å². The van der Waals surface area contributed by atoms with Gasteiger partial charge in [0, 0.05) is 16.7 Å². The van der Waals surface area contributed by atoms with Crippen LogP contribution in [0.25, 0.3) is 22.3 Å². The highest BCUT2D eigenvalue weighted by atomic mass is 19.2. The number of halogens is 4. The third kappa shape index (κ3) is 7.02. The first-order valence-corrected chi connectivity index (χ1v) is 14.3. The first-order chi connectivity index (χ1) is 18.9. The molecule has 1 aliphatic rings. The van der Waals surface area contributed by atoms with Crippen LogP contribution in [0.5, 0.6) is 5.75 Å². The minimum absolute atomic E-state index is 0.0735. The van der Waals surface area contributed by atoms with Crippen molar-refractivity contribution in [1.82, 2.24) is 0 Å². The van der Waals surface area contributed by atoms with Crippen molar-refractivity contribution in [2.45, 2.75) is 77.7 Å². The Labute approximate surface area is 229 Å². The Balaban J connectivity index is 1.45. The third-order valence-corrected chi connectivity index (χ3v) is 7.60. The van der Waals surface area contributed by atoms with E-state index in [1.165, 1.54) is 31.4 Å². The fraction of sp³-hybridized carbons (Fsp3) is 0.455. The summed E-state index contributed by atoms with van der Waals surface area (Å²) in [5, 5.41) is 0. The summed E-state index contributed by atoms with van der Waals surface area (Å²) < 4.78 is 71.0. The molecule has 0 amide bonds. The molecule has 0 spiro atoms. The van der Waals surface area contributed by atoms with E-state index < -0.39 is 29.4 Å². The highest BCUT2D eigenvalue weighted by Crippen LogP contribution is 2.37. The van der Waals surface area contributed by atoms with Crippen LogP contribution in [0.2, 0.25) is 0 Å². The number of benzene rings is 3. The predicted octanol–water partition coefficient (Wildman–Crippen LogP) is 10.2. The molecule has 0 aromatic heterocycles. The van der Waals surface area contributed by atoms with Crippen LogP contribution in [0, 0.1) is 29.2 Å². The first-order valence-electron chi connectivity index (χ1n) is 14.3. The van der Waals surface area contributed by atoms with E-state index in [9.17, 15) is 8.78 Å². The Bertz CT molecular complexity index is 1220. The lowest BCUT2D eigenvalue weighted by atomic mass is 9.90. The molecule has 0 N–H and O–H groups in total. The largest absolute Gasteiger partial charge is 0.490 e. The fourth-order valence-corrected chi connectivity index (χ4v) is 5.23. The van der Waals surface area contributed by atoms with Gasteiger partial charge in [-0.15, -0.1) is 0 Å². The molecule has 3 aromatic carbocycles. The third-order valence-electron chi connectivity index (χ3n) is 7.60. The van der Waals surface area contributed by atoms with Gasteiger partial charge in [0.2, 0.25) is 5.82 Å². The zero-order valence-electron chi connectivity index (χ0n) is 22.9. The van der Waals surface area contributed by atoms with Crippen molar-refractivity contribution in [3.05, 3.63) is 77.4 Å². The maximum atomic E-state index is 15.2. The van der Waals surface area contributed by atoms with Gasteiger partial charge in [0.15, 0.2) is 23.2 Å². The van der Waals surface area contributed by atoms with E-state index in [4.69, 9.17) is 9.47 Å². The molecule has 2 unspecified atom stereocenters. The number of hydrogen-bond acceptors (Lipinski definition) is 2. The number of ether oxygens (including phenoxy) is 2. The van der Waals surface area contributed by atoms with Crippen molar-refractivity contribution in [2.24, 2.45) is 5.92 Å². The lowest BCUT2D eigenvalue weighted by molar-refractivity contribution is -0.0218. The summed E-state index contributed by atoms with van der Waals surface area (Å²) in [4.78, 5) is 0. The van der Waals surface area contributed by atoms with Gasteiger partial charge in [-0.25, -0.2) is 13.2 Å². The molecule has 4 rings (SSSR count). The summed E-state index contributed by atoms with van der Waals surface area (Å²) in [5.74, 6) is -3.50. The maximum Gasteiger partial charge on any atom is 0.201 e. The van der Waals surface area contributed by atoms with Gasteiger partial charge in [0.1, 0.15) is 0 Å². The summed E-state index contributed by atoms with van der Waals surface area (Å²) >= 11 is 0. The predicted molar refractivity (Wildman–Crippen MR) is 148 cm³/mol. The Morgan fingerprint density at radius 1 is 0.692 bits per heavy atom. The molecule has 1 fully saturated rings. The molecular weight excluding hydrogens is 504 g/mol. The van der Waals surface area contributed by atoms with Crippen molar-refractivity contribution in [3.8, 4) is 28.0 Å². The number of unbranched alkanes of at least 4 members (excludes halogenated alkanes) is 4. The molecule has 6 heteroatoms. The second kappa shape index (κ2) is 14.0. The zero-order chi connectivity index (χ0) is 27.8. The SMILES string of the molecule is CCCCCOc1ccc(-c2ccc(-c3ccc(C4CCC(CCCCC)CO4)c(F)c3F)cc2)c(F)c1F. The smallest absolute Gasteiger partial charge is 0.201 e. The van der Waals surface area contributed by atoms with E-state index in [2.05, 4.69) is 13.8 Å². The Morgan fingerprint density at radius 3 is 1.92 bits per heavy atom. The highest BCUT2D eigenvalue weighted by molar-refractivity contribution is 5.71. The minimum Gasteiger partial charge on any atom is -0.490 e. The Hall–Kier alpha value is -2.86. The van der Waals surface area contributed by atoms with Crippen molar-refractivity contribution in [1.29, 1.82) is 0 Å². The summed E-state index contributed by atoms with van der Waals surface area (Å²) in [6, 6.07) is 12.3. The molecule has 2 atom stereocenters. The van der Waals surface area contributed by atoms with Crippen LogP contribution in [0.4, 0.5) is 17.6 Å². The fourth-order valence-electron chi connectivity index (χ4n) is 5.23. The van der Waals surface area contributed by atoms with E-state index in [0.717, 1.165) is 32.1 Å². The maximum absolute atomic E-state index is 15.2. The standard InChI is InChI=1S/C33H38F4O2/c1-3-5-7-9-22-10-18-28(39-21-22)27-16-15-25(30(34)32(27)36)23-11-13-24(14-12-23)26-17-19-29(33(37)31(26)35)38-20-8-6-4-2/h11-17,19,22,28H,3-10,18,20-21H2,1-2H3. The van der Waals surface area contributed by atoms with Gasteiger partial charge < -0.3 is 9.47 Å². The van der Waals surface area contributed by atoms with Gasteiger partial charge in [-0.1, -0.05) is 82.3 Å². The van der Waals surface area contributed by atoms with Crippen molar-refractivity contribution in [3.63, 3.8) is 0 Å². The quantitative estimate of drug-likeness (QED) is 0.167. The topological polar surface area (TPSA) is 18.5 Å². The molecule has 1 saturated heterocycles. The van der Waals surface area contributed by atoms with Crippen LogP contribution in [0.3, 0.4) is 0 Å². The summed E-state index contributed by atoms with van der Waals surface area (Å²) in [5.41, 5.74) is 1.30. The van der Waals surface area contributed by atoms with Crippen LogP contribution in [0.1, 0.15) is 83.3 Å². The molecule has 0 aliphatic carbocycles. The average Bonchev–Trinajstić information content (AvgIpc) is 2.96. The molecule has 1 aliphatic heterocycles. The summed E-state index contributed by atoms with van der Waals surface area (Å²) in [6.07, 6.45) is 8.56. The molecule has 210 valence electrons. The average molecular weight is 543 g/mol. The Kier molecular flexibility index (Phi) is 10.4. The van der Waals surface area contributed by atoms with Crippen molar-refractivity contribution >= 4 is 0 Å². The number of rotatable bonds is 12. The van der Waals surface area contributed by atoms with E-state index in [-0.39, 0.29) is 22.4 Å². The van der Waals surface area contributed by atoms with Crippen LogP contribution in [0.15, 0.2) is 48.5 Å². The molecule has 1 heterocycles. The molecule has 0 saturated carbocycles. The van der Waals surface area contributed by atoms with Crippen LogP contribution >= 0.6 is 0 Å². The van der Waals surface area contributed by atoms with Crippen LogP contribution < -0.4 is 4.74 Å². The van der Waals surface area contributed by atoms with Crippen LogP contribution in [-0.2, 0) is 4.74 Å². The normalized spacial score (nSPS) is 17.4. The molecule has 39 heavy (non-hydrogen) atoms. The van der Waals surface area contributed by atoms with Crippen LogP contribution in [-0.4, -0.2) is 13.2 Å². The van der Waals surface area contributed by atoms with E-state index in [0.29, 0.717) is 36.7 Å². The zero-order valence-corrected chi connectivity index (χ0v) is 22.9. The summed E-state index contributed by atoms with van der Waals surface area (Å²) in [7, 11) is 0. The Morgan fingerprint density at radius 2 is 1.31 bits per heavy atom. The monoisotopic (exact) mass is 542 g/mol. The lowest BCUT2D eigenvalue weighted by Crippen LogP contribution is -2.21. The lowest BCUT2D eigenvalue weighted by Gasteiger charge is -2.29. The second-order valence-electron chi connectivity index (χ2n) is 10.5. The van der Waals surface area contributed by atoms with E-state index >= 15 is 8.78 Å². The highest BCUT2D eigenvalue weighted by Gasteiger charge is 2.27.